The highest BCUT2D eigenvalue weighted by molar-refractivity contribution is 5.34. The predicted molar refractivity (Wildman–Crippen MR) is 85.5 cm³/mol. The SMILES string of the molecule is Cc1ccc(Oc2ccc(CCCC(C)C)cc2)cc1. The van der Waals surface area contributed by atoms with E-state index in [1.165, 1.54) is 24.0 Å². The van der Waals surface area contributed by atoms with Crippen molar-refractivity contribution >= 4 is 0 Å². The summed E-state index contributed by atoms with van der Waals surface area (Å²) in [4.78, 5) is 0. The van der Waals surface area contributed by atoms with Crippen molar-refractivity contribution in [2.24, 2.45) is 5.92 Å². The molecule has 0 spiro atoms. The Kier molecular flexibility index (Phi) is 5.23. The van der Waals surface area contributed by atoms with Gasteiger partial charge in [0.2, 0.25) is 0 Å². The molecule has 0 radical (unpaired) electrons. The van der Waals surface area contributed by atoms with Crippen LogP contribution < -0.4 is 4.74 Å². The third-order valence-corrected chi connectivity index (χ3v) is 3.43. The van der Waals surface area contributed by atoms with E-state index in [1.807, 2.05) is 12.1 Å². The summed E-state index contributed by atoms with van der Waals surface area (Å²) in [5.41, 5.74) is 2.64. The van der Waals surface area contributed by atoms with E-state index >= 15 is 0 Å². The van der Waals surface area contributed by atoms with Gasteiger partial charge in [-0.2, -0.15) is 0 Å². The van der Waals surface area contributed by atoms with Crippen LogP contribution in [0.4, 0.5) is 0 Å². The summed E-state index contributed by atoms with van der Waals surface area (Å²) >= 11 is 0. The largest absolute Gasteiger partial charge is 0.457 e. The number of hydrogen-bond acceptors (Lipinski definition) is 1. The normalized spacial score (nSPS) is 10.8. The Hall–Kier alpha value is -1.76. The van der Waals surface area contributed by atoms with Crippen molar-refractivity contribution in [2.75, 3.05) is 0 Å². The van der Waals surface area contributed by atoms with Gasteiger partial charge >= 0.3 is 0 Å². The topological polar surface area (TPSA) is 9.23 Å². The number of aryl methyl sites for hydroxylation is 2. The first kappa shape index (κ1) is 14.6. The van der Waals surface area contributed by atoms with Gasteiger partial charge in [0.25, 0.3) is 0 Å². The molecule has 106 valence electrons. The lowest BCUT2D eigenvalue weighted by atomic mass is 10.0. The Morgan fingerprint density at radius 3 is 1.95 bits per heavy atom. The van der Waals surface area contributed by atoms with Crippen molar-refractivity contribution in [3.63, 3.8) is 0 Å². The van der Waals surface area contributed by atoms with Crippen molar-refractivity contribution < 1.29 is 4.74 Å². The fourth-order valence-electron chi connectivity index (χ4n) is 2.18. The minimum absolute atomic E-state index is 0.791. The molecule has 0 heterocycles. The Morgan fingerprint density at radius 2 is 1.40 bits per heavy atom. The quantitative estimate of drug-likeness (QED) is 0.646. The maximum absolute atomic E-state index is 5.83. The fourth-order valence-corrected chi connectivity index (χ4v) is 2.18. The van der Waals surface area contributed by atoms with Crippen LogP contribution in [0.5, 0.6) is 11.5 Å². The molecule has 2 aromatic rings. The number of ether oxygens (including phenoxy) is 1. The van der Waals surface area contributed by atoms with Crippen LogP contribution in [0.25, 0.3) is 0 Å². The van der Waals surface area contributed by atoms with E-state index in [2.05, 4.69) is 57.2 Å². The molecule has 0 saturated heterocycles. The lowest BCUT2D eigenvalue weighted by Crippen LogP contribution is -1.91. The maximum atomic E-state index is 5.83. The zero-order chi connectivity index (χ0) is 14.4. The third-order valence-electron chi connectivity index (χ3n) is 3.43. The zero-order valence-electron chi connectivity index (χ0n) is 12.7. The van der Waals surface area contributed by atoms with E-state index in [4.69, 9.17) is 4.74 Å². The van der Waals surface area contributed by atoms with E-state index in [1.54, 1.807) is 0 Å². The van der Waals surface area contributed by atoms with E-state index < -0.39 is 0 Å². The summed E-state index contributed by atoms with van der Waals surface area (Å²) in [5.74, 6) is 2.59. The molecular formula is C19H24O. The highest BCUT2D eigenvalue weighted by atomic mass is 16.5. The van der Waals surface area contributed by atoms with Gasteiger partial charge in [0.15, 0.2) is 0 Å². The number of benzene rings is 2. The van der Waals surface area contributed by atoms with Crippen LogP contribution in [-0.2, 0) is 6.42 Å². The Morgan fingerprint density at radius 1 is 0.850 bits per heavy atom. The smallest absolute Gasteiger partial charge is 0.127 e. The lowest BCUT2D eigenvalue weighted by Gasteiger charge is -2.08. The summed E-state index contributed by atoms with van der Waals surface area (Å²) in [6, 6.07) is 16.6. The average Bonchev–Trinajstić information content (AvgIpc) is 2.43. The van der Waals surface area contributed by atoms with E-state index in [0.29, 0.717) is 0 Å². The summed E-state index contributed by atoms with van der Waals surface area (Å²) in [7, 11) is 0. The molecule has 0 N–H and O–H groups in total. The molecule has 2 aromatic carbocycles. The molecule has 0 aliphatic heterocycles. The van der Waals surface area contributed by atoms with Gasteiger partial charge in [0, 0.05) is 0 Å². The van der Waals surface area contributed by atoms with Crippen molar-refractivity contribution in [1.29, 1.82) is 0 Å². The molecule has 1 nitrogen and oxygen atoms in total. The highest BCUT2D eigenvalue weighted by Gasteiger charge is 1.99. The summed E-state index contributed by atoms with van der Waals surface area (Å²) in [6.07, 6.45) is 3.71. The van der Waals surface area contributed by atoms with Crippen LogP contribution in [-0.4, -0.2) is 0 Å². The molecule has 0 bridgehead atoms. The molecule has 0 amide bonds. The third kappa shape index (κ3) is 4.73. The molecule has 20 heavy (non-hydrogen) atoms. The van der Waals surface area contributed by atoms with E-state index in [9.17, 15) is 0 Å². The minimum Gasteiger partial charge on any atom is -0.457 e. The van der Waals surface area contributed by atoms with Crippen molar-refractivity contribution in [1.82, 2.24) is 0 Å². The average molecular weight is 268 g/mol. The molecule has 0 unspecified atom stereocenters. The summed E-state index contributed by atoms with van der Waals surface area (Å²) in [6.45, 7) is 6.63. The van der Waals surface area contributed by atoms with Crippen LogP contribution in [0.2, 0.25) is 0 Å². The summed E-state index contributed by atoms with van der Waals surface area (Å²) in [5, 5.41) is 0. The van der Waals surface area contributed by atoms with Crippen molar-refractivity contribution in [2.45, 2.75) is 40.0 Å². The van der Waals surface area contributed by atoms with Crippen LogP contribution in [0.15, 0.2) is 48.5 Å². The van der Waals surface area contributed by atoms with Crippen molar-refractivity contribution in [3.8, 4) is 11.5 Å². The first-order valence-corrected chi connectivity index (χ1v) is 7.47. The second kappa shape index (κ2) is 7.14. The van der Waals surface area contributed by atoms with Gasteiger partial charge < -0.3 is 4.74 Å². The number of rotatable bonds is 6. The Labute approximate surface area is 122 Å². The van der Waals surface area contributed by atoms with Gasteiger partial charge in [-0.25, -0.2) is 0 Å². The van der Waals surface area contributed by atoms with E-state index in [0.717, 1.165) is 23.8 Å². The van der Waals surface area contributed by atoms with Gasteiger partial charge in [-0.3, -0.25) is 0 Å². The minimum atomic E-state index is 0.791. The molecule has 0 aliphatic carbocycles. The second-order valence-corrected chi connectivity index (χ2v) is 5.85. The van der Waals surface area contributed by atoms with Crippen LogP contribution in [0.1, 0.15) is 37.8 Å². The molecule has 2 rings (SSSR count). The van der Waals surface area contributed by atoms with Gasteiger partial charge in [-0.05, 0) is 55.5 Å². The second-order valence-electron chi connectivity index (χ2n) is 5.85. The van der Waals surface area contributed by atoms with Gasteiger partial charge in [-0.15, -0.1) is 0 Å². The molecule has 1 heteroatoms. The van der Waals surface area contributed by atoms with Crippen molar-refractivity contribution in [3.05, 3.63) is 59.7 Å². The monoisotopic (exact) mass is 268 g/mol. The first-order valence-electron chi connectivity index (χ1n) is 7.47. The van der Waals surface area contributed by atoms with Crippen LogP contribution >= 0.6 is 0 Å². The standard InChI is InChI=1S/C19H24O/c1-15(2)5-4-6-17-9-13-19(14-10-17)20-18-11-7-16(3)8-12-18/h7-15H,4-6H2,1-3H3. The number of hydrogen-bond donors (Lipinski definition) is 0. The van der Waals surface area contributed by atoms with E-state index in [-0.39, 0.29) is 0 Å². The highest BCUT2D eigenvalue weighted by Crippen LogP contribution is 2.22. The molecule has 0 saturated carbocycles. The molecule has 0 atom stereocenters. The lowest BCUT2D eigenvalue weighted by molar-refractivity contribution is 0.482. The molecule has 0 fully saturated rings. The van der Waals surface area contributed by atoms with Gasteiger partial charge in [0.05, 0.1) is 0 Å². The van der Waals surface area contributed by atoms with Crippen LogP contribution in [0.3, 0.4) is 0 Å². The van der Waals surface area contributed by atoms with Gasteiger partial charge in [0.1, 0.15) is 11.5 Å². The molecular weight excluding hydrogens is 244 g/mol. The Bertz CT molecular complexity index is 508. The van der Waals surface area contributed by atoms with Crippen LogP contribution in [0, 0.1) is 12.8 Å². The predicted octanol–water partition coefficient (Wildman–Crippen LogP) is 5.77. The first-order chi connectivity index (χ1) is 9.63. The Balaban J connectivity index is 1.89. The fraction of sp³-hybridized carbons (Fsp3) is 0.368. The maximum Gasteiger partial charge on any atom is 0.127 e. The zero-order valence-corrected chi connectivity index (χ0v) is 12.7. The summed E-state index contributed by atoms with van der Waals surface area (Å²) < 4.78 is 5.83. The molecule has 0 aliphatic rings. The van der Waals surface area contributed by atoms with Gasteiger partial charge in [-0.1, -0.05) is 50.1 Å². The molecule has 0 aromatic heterocycles.